The first-order valence-corrected chi connectivity index (χ1v) is 12.5. The first-order valence-electron chi connectivity index (χ1n) is 12.5. The van der Waals surface area contributed by atoms with Gasteiger partial charge in [0.2, 0.25) is 0 Å². The summed E-state index contributed by atoms with van der Waals surface area (Å²) in [4.78, 5) is 13.4. The topological polar surface area (TPSA) is 55.8 Å². The fourth-order valence-corrected chi connectivity index (χ4v) is 8.86. The molecule has 4 saturated carbocycles. The quantitative estimate of drug-likeness (QED) is 0.563. The van der Waals surface area contributed by atoms with E-state index < -0.39 is 5.60 Å². The Morgan fingerprint density at radius 2 is 1.73 bits per heavy atom. The summed E-state index contributed by atoms with van der Waals surface area (Å²) in [6.07, 6.45) is 9.83. The molecule has 8 unspecified atom stereocenters. The highest BCUT2D eigenvalue weighted by Gasteiger charge is 2.69. The van der Waals surface area contributed by atoms with E-state index in [1.54, 1.807) is 0 Å². The van der Waals surface area contributed by atoms with Crippen molar-refractivity contribution >= 4 is 12.9 Å². The number of hydrogen-bond acceptors (Lipinski definition) is 4. The van der Waals surface area contributed by atoms with Crippen LogP contribution in [0.1, 0.15) is 92.4 Å². The molecule has 5 heteroatoms. The molecule has 0 radical (unpaired) electrons. The van der Waals surface area contributed by atoms with Gasteiger partial charge in [0.1, 0.15) is 5.60 Å². The molecule has 5 aliphatic rings. The highest BCUT2D eigenvalue weighted by Crippen LogP contribution is 2.69. The lowest BCUT2D eigenvalue weighted by Crippen LogP contribution is -2.64. The van der Waals surface area contributed by atoms with Crippen molar-refractivity contribution in [1.82, 2.24) is 0 Å². The van der Waals surface area contributed by atoms with Gasteiger partial charge < -0.3 is 14.4 Å². The van der Waals surface area contributed by atoms with E-state index in [0.717, 1.165) is 38.0 Å². The van der Waals surface area contributed by atoms with Crippen molar-refractivity contribution in [2.45, 2.75) is 109 Å². The molecule has 1 saturated heterocycles. The van der Waals surface area contributed by atoms with Crippen LogP contribution in [0.3, 0.4) is 0 Å². The predicted octanol–water partition coefficient (Wildman–Crippen LogP) is 5.03. The molecule has 0 aromatic heterocycles. The normalized spacial score (nSPS) is 51.5. The summed E-state index contributed by atoms with van der Waals surface area (Å²) >= 11 is 0. The van der Waals surface area contributed by atoms with Crippen molar-refractivity contribution in [2.75, 3.05) is 6.61 Å². The number of ketones is 1. The summed E-state index contributed by atoms with van der Waals surface area (Å²) in [5, 5.41) is 10.1. The second-order valence-corrected chi connectivity index (χ2v) is 13.0. The Morgan fingerprint density at radius 3 is 2.47 bits per heavy atom. The number of carbonyl (C=O) groups is 1. The van der Waals surface area contributed by atoms with Crippen molar-refractivity contribution in [3.8, 4) is 0 Å². The van der Waals surface area contributed by atoms with Gasteiger partial charge in [-0.25, -0.2) is 0 Å². The number of rotatable bonds is 0. The van der Waals surface area contributed by atoms with Gasteiger partial charge in [-0.05, 0) is 92.2 Å². The molecule has 0 amide bonds. The van der Waals surface area contributed by atoms with Crippen LogP contribution in [0.4, 0.5) is 0 Å². The zero-order valence-electron chi connectivity index (χ0n) is 19.7. The number of hydrogen-bond donors (Lipinski definition) is 1. The fraction of sp³-hybridized carbons (Fsp3) is 0.960. The summed E-state index contributed by atoms with van der Waals surface area (Å²) in [7, 11) is -0.309. The molecule has 1 heterocycles. The Labute approximate surface area is 183 Å². The van der Waals surface area contributed by atoms with E-state index >= 15 is 0 Å². The zero-order valence-corrected chi connectivity index (χ0v) is 19.7. The lowest BCUT2D eigenvalue weighted by atomic mass is 9.44. The Hall–Kier alpha value is -0.385. The number of fused-ring (bicyclic) bond motifs is 6. The van der Waals surface area contributed by atoms with Crippen molar-refractivity contribution < 1.29 is 19.2 Å². The molecule has 5 fully saturated rings. The lowest BCUT2D eigenvalue weighted by Gasteiger charge is -2.62. The maximum Gasteiger partial charge on any atom is 0.463 e. The van der Waals surface area contributed by atoms with Crippen LogP contribution in [0.15, 0.2) is 0 Å². The number of aliphatic hydroxyl groups is 1. The monoisotopic (exact) mass is 416 g/mol. The number of aliphatic hydroxyl groups excluding tert-OH is 1. The Morgan fingerprint density at radius 1 is 1.00 bits per heavy atom. The van der Waals surface area contributed by atoms with Gasteiger partial charge in [-0.3, -0.25) is 4.79 Å². The molecule has 4 aliphatic carbocycles. The third-order valence-corrected chi connectivity index (χ3v) is 10.6. The van der Waals surface area contributed by atoms with Crippen LogP contribution in [0.25, 0.3) is 0 Å². The maximum atomic E-state index is 13.4. The average molecular weight is 416 g/mol. The van der Waals surface area contributed by atoms with Crippen LogP contribution in [0.5, 0.6) is 0 Å². The van der Waals surface area contributed by atoms with Crippen LogP contribution in [0, 0.1) is 34.5 Å². The van der Waals surface area contributed by atoms with E-state index in [4.69, 9.17) is 9.31 Å². The third kappa shape index (κ3) is 2.80. The molecule has 0 aromatic carbocycles. The van der Waals surface area contributed by atoms with E-state index in [-0.39, 0.29) is 36.3 Å². The molecule has 0 aromatic rings. The van der Waals surface area contributed by atoms with Crippen molar-refractivity contribution in [3.05, 3.63) is 0 Å². The standard InChI is InChI=1S/C25H41BO4/c1-22(2,3)26-29-15-21(28)25(30-26)13-10-20-18-7-6-16-14-17(27)8-11-23(16,4)19(18)9-12-24(20,25)5/h16-20,27H,6-15H2,1-5H3. The lowest BCUT2D eigenvalue weighted by molar-refractivity contribution is -0.179. The molecule has 8 atom stereocenters. The predicted molar refractivity (Wildman–Crippen MR) is 118 cm³/mol. The van der Waals surface area contributed by atoms with Crippen molar-refractivity contribution in [1.29, 1.82) is 0 Å². The van der Waals surface area contributed by atoms with Crippen molar-refractivity contribution in [3.63, 3.8) is 0 Å². The van der Waals surface area contributed by atoms with Gasteiger partial charge in [0.15, 0.2) is 5.78 Å². The Balaban J connectivity index is 1.45. The van der Waals surface area contributed by atoms with Gasteiger partial charge in [0, 0.05) is 5.41 Å². The highest BCUT2D eigenvalue weighted by molar-refractivity contribution is 6.49. The van der Waals surface area contributed by atoms with Crippen LogP contribution >= 0.6 is 0 Å². The average Bonchev–Trinajstić information content (AvgIpc) is 2.97. The molecular weight excluding hydrogens is 375 g/mol. The molecule has 30 heavy (non-hydrogen) atoms. The van der Waals surface area contributed by atoms with Crippen LogP contribution in [-0.2, 0) is 14.1 Å². The second-order valence-electron chi connectivity index (χ2n) is 13.0. The van der Waals surface area contributed by atoms with Crippen LogP contribution < -0.4 is 0 Å². The van der Waals surface area contributed by atoms with Gasteiger partial charge in [-0.15, -0.1) is 0 Å². The van der Waals surface area contributed by atoms with E-state index in [1.165, 1.54) is 25.7 Å². The van der Waals surface area contributed by atoms with E-state index in [9.17, 15) is 9.90 Å². The molecule has 1 N–H and O–H groups in total. The molecule has 0 bridgehead atoms. The van der Waals surface area contributed by atoms with Gasteiger partial charge in [-0.2, -0.15) is 0 Å². The molecule has 168 valence electrons. The summed E-state index contributed by atoms with van der Waals surface area (Å²) in [5.41, 5.74) is -0.358. The summed E-state index contributed by atoms with van der Waals surface area (Å²) in [5.74, 6) is 2.88. The molecule has 4 nitrogen and oxygen atoms in total. The molecular formula is C25H41BO4. The highest BCUT2D eigenvalue weighted by atomic mass is 16.6. The number of Topliss-reactive ketones (excluding diaryl/α,β-unsaturated/α-hetero) is 1. The Kier molecular flexibility index (Phi) is 4.87. The fourth-order valence-electron chi connectivity index (χ4n) is 8.86. The largest absolute Gasteiger partial charge is 0.463 e. The third-order valence-electron chi connectivity index (χ3n) is 10.6. The molecule has 1 spiro atoms. The van der Waals surface area contributed by atoms with Gasteiger partial charge in [-0.1, -0.05) is 34.6 Å². The first kappa shape index (κ1) is 21.5. The maximum absolute atomic E-state index is 13.4. The summed E-state index contributed by atoms with van der Waals surface area (Å²) < 4.78 is 12.6. The van der Waals surface area contributed by atoms with Crippen LogP contribution in [0.2, 0.25) is 5.31 Å². The SMILES string of the molecule is CC(C)(C)B1OCC(=O)C2(CCC3C4CCC5CC(O)CCC5(C)C4CCC32C)O1. The minimum Gasteiger partial charge on any atom is -0.403 e. The minimum atomic E-state index is -0.653. The molecule has 5 rings (SSSR count). The van der Waals surface area contributed by atoms with Gasteiger partial charge >= 0.3 is 7.12 Å². The first-order chi connectivity index (χ1) is 14.0. The van der Waals surface area contributed by atoms with Gasteiger partial charge in [0.05, 0.1) is 12.7 Å². The summed E-state index contributed by atoms with van der Waals surface area (Å²) in [6, 6.07) is 0. The van der Waals surface area contributed by atoms with Gasteiger partial charge in [0.25, 0.3) is 0 Å². The number of carbonyl (C=O) groups excluding carboxylic acids is 1. The van der Waals surface area contributed by atoms with E-state index in [0.29, 0.717) is 23.2 Å². The van der Waals surface area contributed by atoms with E-state index in [2.05, 4.69) is 34.6 Å². The smallest absolute Gasteiger partial charge is 0.403 e. The zero-order chi connectivity index (χ0) is 21.5. The minimum absolute atomic E-state index is 0.0735. The van der Waals surface area contributed by atoms with Crippen molar-refractivity contribution in [2.24, 2.45) is 34.5 Å². The summed E-state index contributed by atoms with van der Waals surface area (Å²) in [6.45, 7) is 11.5. The Bertz CT molecular complexity index is 718. The van der Waals surface area contributed by atoms with Crippen LogP contribution in [-0.4, -0.2) is 36.3 Å². The van der Waals surface area contributed by atoms with E-state index in [1.807, 2.05) is 0 Å². The second kappa shape index (κ2) is 6.81. The molecule has 1 aliphatic heterocycles.